The van der Waals surface area contributed by atoms with Gasteiger partial charge in [-0.25, -0.2) is 13.1 Å². The number of rotatable bonds is 7. The van der Waals surface area contributed by atoms with Crippen LogP contribution < -0.4 is 10.0 Å². The summed E-state index contributed by atoms with van der Waals surface area (Å²) in [5.41, 5.74) is 1.28. The van der Waals surface area contributed by atoms with Gasteiger partial charge in [0, 0.05) is 10.6 Å². The van der Waals surface area contributed by atoms with Crippen LogP contribution in [-0.4, -0.2) is 14.3 Å². The van der Waals surface area contributed by atoms with Crippen molar-refractivity contribution in [2.24, 2.45) is 0 Å². The first kappa shape index (κ1) is 20.1. The van der Waals surface area contributed by atoms with E-state index in [1.54, 1.807) is 24.3 Å². The van der Waals surface area contributed by atoms with Crippen LogP contribution in [0.25, 0.3) is 0 Å². The summed E-state index contributed by atoms with van der Waals surface area (Å²) >= 11 is 5.87. The minimum Gasteiger partial charge on any atom is -0.468 e. The van der Waals surface area contributed by atoms with Crippen LogP contribution in [-0.2, 0) is 16.6 Å². The van der Waals surface area contributed by atoms with E-state index >= 15 is 0 Å². The highest BCUT2D eigenvalue weighted by molar-refractivity contribution is 7.89. The Morgan fingerprint density at radius 2 is 1.75 bits per heavy atom. The Bertz CT molecular complexity index is 1030. The van der Waals surface area contributed by atoms with Crippen LogP contribution in [0, 0.1) is 0 Å². The summed E-state index contributed by atoms with van der Waals surface area (Å²) in [6.45, 7) is 1.91. The van der Waals surface area contributed by atoms with Crippen molar-refractivity contribution < 1.29 is 17.6 Å². The van der Waals surface area contributed by atoms with Crippen LogP contribution in [0.4, 0.5) is 0 Å². The van der Waals surface area contributed by atoms with E-state index < -0.39 is 10.0 Å². The van der Waals surface area contributed by atoms with Crippen molar-refractivity contribution in [1.29, 1.82) is 0 Å². The lowest BCUT2D eigenvalue weighted by Crippen LogP contribution is -2.27. The van der Waals surface area contributed by atoms with E-state index in [0.717, 1.165) is 5.56 Å². The number of sulfonamides is 1. The van der Waals surface area contributed by atoms with Crippen LogP contribution in [0.15, 0.2) is 76.2 Å². The number of amides is 1. The molecule has 8 heteroatoms. The molecule has 0 aliphatic rings. The summed E-state index contributed by atoms with van der Waals surface area (Å²) in [6, 6.07) is 16.1. The van der Waals surface area contributed by atoms with Crippen LogP contribution in [0.1, 0.15) is 34.6 Å². The van der Waals surface area contributed by atoms with Crippen molar-refractivity contribution in [3.8, 4) is 0 Å². The molecule has 28 heavy (non-hydrogen) atoms. The van der Waals surface area contributed by atoms with Gasteiger partial charge in [-0.2, -0.15) is 0 Å². The molecule has 146 valence electrons. The number of nitrogens with one attached hydrogen (secondary N) is 2. The molecule has 0 fully saturated rings. The quantitative estimate of drug-likeness (QED) is 0.609. The largest absolute Gasteiger partial charge is 0.468 e. The highest BCUT2D eigenvalue weighted by atomic mass is 35.5. The van der Waals surface area contributed by atoms with E-state index in [0.29, 0.717) is 16.3 Å². The molecule has 2 aromatic carbocycles. The van der Waals surface area contributed by atoms with Gasteiger partial charge in [0.05, 0.1) is 23.7 Å². The van der Waals surface area contributed by atoms with Crippen LogP contribution >= 0.6 is 11.6 Å². The maximum atomic E-state index is 12.4. The SMILES string of the molecule is C[C@@H](NC(=O)c1ccc(S(=O)(=O)NCc2ccco2)cc1)c1ccc(Cl)cc1. The van der Waals surface area contributed by atoms with Gasteiger partial charge in [0.25, 0.3) is 5.91 Å². The van der Waals surface area contributed by atoms with Crippen LogP contribution in [0.5, 0.6) is 0 Å². The summed E-state index contributed by atoms with van der Waals surface area (Å²) < 4.78 is 32.2. The second kappa shape index (κ2) is 8.60. The molecule has 0 aliphatic heterocycles. The van der Waals surface area contributed by atoms with Gasteiger partial charge in [-0.05, 0) is 61.0 Å². The van der Waals surface area contributed by atoms with Crippen molar-refractivity contribution in [3.63, 3.8) is 0 Å². The Hall–Kier alpha value is -2.61. The molecule has 6 nitrogen and oxygen atoms in total. The molecular formula is C20H19ClN2O4S. The molecule has 0 saturated carbocycles. The molecule has 2 N–H and O–H groups in total. The number of carbonyl (C=O) groups is 1. The second-order valence-corrected chi connectivity index (χ2v) is 8.38. The number of hydrogen-bond donors (Lipinski definition) is 2. The lowest BCUT2D eigenvalue weighted by molar-refractivity contribution is 0.0940. The first-order valence-electron chi connectivity index (χ1n) is 8.53. The van der Waals surface area contributed by atoms with Crippen molar-refractivity contribution in [2.75, 3.05) is 0 Å². The third-order valence-electron chi connectivity index (χ3n) is 4.16. The molecule has 0 radical (unpaired) electrons. The van der Waals surface area contributed by atoms with Crippen molar-refractivity contribution in [2.45, 2.75) is 24.4 Å². The van der Waals surface area contributed by atoms with Crippen LogP contribution in [0.2, 0.25) is 5.02 Å². The molecule has 0 spiro atoms. The normalized spacial score (nSPS) is 12.5. The summed E-state index contributed by atoms with van der Waals surface area (Å²) in [4.78, 5) is 12.5. The Balaban J connectivity index is 1.64. The second-order valence-electron chi connectivity index (χ2n) is 6.17. The highest BCUT2D eigenvalue weighted by Gasteiger charge is 2.16. The predicted molar refractivity (Wildman–Crippen MR) is 107 cm³/mol. The van der Waals surface area contributed by atoms with Crippen molar-refractivity contribution in [1.82, 2.24) is 10.0 Å². The summed E-state index contributed by atoms with van der Waals surface area (Å²) in [5.74, 6) is 0.214. The van der Waals surface area contributed by atoms with E-state index in [4.69, 9.17) is 16.0 Å². The zero-order chi connectivity index (χ0) is 20.1. The fourth-order valence-corrected chi connectivity index (χ4v) is 3.68. The van der Waals surface area contributed by atoms with Gasteiger partial charge in [-0.15, -0.1) is 0 Å². The smallest absolute Gasteiger partial charge is 0.251 e. The molecule has 0 unspecified atom stereocenters. The average molecular weight is 419 g/mol. The van der Waals surface area contributed by atoms with Crippen molar-refractivity contribution in [3.05, 3.63) is 88.8 Å². The van der Waals surface area contributed by atoms with Gasteiger partial charge < -0.3 is 9.73 Å². The maximum absolute atomic E-state index is 12.4. The van der Waals surface area contributed by atoms with Crippen LogP contribution in [0.3, 0.4) is 0 Å². The standard InChI is InChI=1S/C20H19ClN2O4S/c1-14(15-4-8-17(21)9-5-15)23-20(24)16-6-10-19(11-7-16)28(25,26)22-13-18-3-2-12-27-18/h2-12,14,22H,13H2,1H3,(H,23,24)/t14-/m1/s1. The Kier molecular flexibility index (Phi) is 6.18. The van der Waals surface area contributed by atoms with Crippen molar-refractivity contribution >= 4 is 27.5 Å². The topological polar surface area (TPSA) is 88.4 Å². The number of halogens is 1. The summed E-state index contributed by atoms with van der Waals surface area (Å²) in [5, 5.41) is 3.50. The lowest BCUT2D eigenvalue weighted by Gasteiger charge is -2.14. The number of hydrogen-bond acceptors (Lipinski definition) is 4. The first-order valence-corrected chi connectivity index (χ1v) is 10.4. The van der Waals surface area contributed by atoms with E-state index in [9.17, 15) is 13.2 Å². The van der Waals surface area contributed by atoms with E-state index in [1.807, 2.05) is 19.1 Å². The number of furan rings is 1. The minimum atomic E-state index is -3.70. The number of benzene rings is 2. The Morgan fingerprint density at radius 1 is 1.07 bits per heavy atom. The summed E-state index contributed by atoms with van der Waals surface area (Å²) in [7, 11) is -3.70. The first-order chi connectivity index (χ1) is 13.3. The van der Waals surface area contributed by atoms with E-state index in [1.165, 1.54) is 30.5 Å². The molecule has 1 amide bonds. The number of carbonyl (C=O) groups excluding carboxylic acids is 1. The molecule has 0 bridgehead atoms. The molecule has 3 rings (SSSR count). The monoisotopic (exact) mass is 418 g/mol. The Labute approximate surface area is 168 Å². The predicted octanol–water partition coefficient (Wildman–Crippen LogP) is 3.90. The van der Waals surface area contributed by atoms with Gasteiger partial charge in [-0.3, -0.25) is 4.79 Å². The van der Waals surface area contributed by atoms with Gasteiger partial charge in [0.15, 0.2) is 0 Å². The molecule has 1 atom stereocenters. The molecule has 3 aromatic rings. The zero-order valence-electron chi connectivity index (χ0n) is 15.1. The van der Waals surface area contributed by atoms with E-state index in [2.05, 4.69) is 10.0 Å². The minimum absolute atomic E-state index is 0.0518. The molecule has 0 saturated heterocycles. The van der Waals surface area contributed by atoms with Gasteiger partial charge in [-0.1, -0.05) is 23.7 Å². The fraction of sp³-hybridized carbons (Fsp3) is 0.150. The average Bonchev–Trinajstić information content (AvgIpc) is 3.21. The molecule has 1 heterocycles. The Morgan fingerprint density at radius 3 is 2.36 bits per heavy atom. The van der Waals surface area contributed by atoms with Gasteiger partial charge in [0.2, 0.25) is 10.0 Å². The summed E-state index contributed by atoms with van der Waals surface area (Å²) in [6.07, 6.45) is 1.47. The maximum Gasteiger partial charge on any atom is 0.251 e. The van der Waals surface area contributed by atoms with E-state index in [-0.39, 0.29) is 23.4 Å². The zero-order valence-corrected chi connectivity index (χ0v) is 16.6. The third kappa shape index (κ3) is 5.01. The van der Waals surface area contributed by atoms with Gasteiger partial charge in [0.1, 0.15) is 5.76 Å². The molecule has 0 aliphatic carbocycles. The third-order valence-corrected chi connectivity index (χ3v) is 5.83. The highest BCUT2D eigenvalue weighted by Crippen LogP contribution is 2.17. The lowest BCUT2D eigenvalue weighted by atomic mass is 10.1. The van der Waals surface area contributed by atoms with Gasteiger partial charge >= 0.3 is 0 Å². The molecular weight excluding hydrogens is 400 g/mol. The molecule has 1 aromatic heterocycles. The fourth-order valence-electron chi connectivity index (χ4n) is 2.56.